The number of halogens is 4. The van der Waals surface area contributed by atoms with E-state index in [9.17, 15) is 13.9 Å². The van der Waals surface area contributed by atoms with Crippen LogP contribution in [0, 0.1) is 29.4 Å². The zero-order chi connectivity index (χ0) is 35.0. The molecule has 4 atom stereocenters. The topological polar surface area (TPSA) is 91.6 Å². The Bertz CT molecular complexity index is 2360. The van der Waals surface area contributed by atoms with Gasteiger partial charge in [0.2, 0.25) is 0 Å². The van der Waals surface area contributed by atoms with Gasteiger partial charge in [-0.2, -0.15) is 15.1 Å². The molecule has 4 aliphatic heterocycles. The molecule has 4 saturated heterocycles. The van der Waals surface area contributed by atoms with Gasteiger partial charge in [-0.3, -0.25) is 9.58 Å². The van der Waals surface area contributed by atoms with Crippen LogP contribution in [0.2, 0.25) is 0 Å². The van der Waals surface area contributed by atoms with E-state index < -0.39 is 28.5 Å². The van der Waals surface area contributed by atoms with E-state index in [-0.39, 0.29) is 70.0 Å². The van der Waals surface area contributed by atoms with Crippen molar-refractivity contribution in [2.24, 2.45) is 12.5 Å². The summed E-state index contributed by atoms with van der Waals surface area (Å²) >= 11 is 0. The van der Waals surface area contributed by atoms with Crippen molar-refractivity contribution in [3.8, 4) is 35.2 Å². The zero-order valence-corrected chi connectivity index (χ0v) is 27.9. The van der Waals surface area contributed by atoms with Crippen molar-refractivity contribution in [1.82, 2.24) is 30.0 Å². The van der Waals surface area contributed by atoms with E-state index in [0.29, 0.717) is 48.0 Å². The molecular weight excluding hydrogens is 662 g/mol. The molecule has 262 valence electrons. The number of hydrogen-bond donors (Lipinski definition) is 2. The third-order valence-electron chi connectivity index (χ3n) is 12.2. The Labute approximate surface area is 290 Å². The van der Waals surface area contributed by atoms with Crippen molar-refractivity contribution < 1.29 is 27.4 Å². The Morgan fingerprint density at radius 3 is 2.61 bits per heavy atom. The molecule has 0 radical (unpaired) electrons. The van der Waals surface area contributed by atoms with Crippen LogP contribution in [0.3, 0.4) is 0 Å². The number of piperazine rings is 1. The van der Waals surface area contributed by atoms with Gasteiger partial charge >= 0.3 is 6.01 Å². The van der Waals surface area contributed by atoms with E-state index in [1.54, 1.807) is 17.9 Å². The molecule has 2 bridgehead atoms. The number of terminal acetylenes is 1. The highest BCUT2D eigenvalue weighted by molar-refractivity contribution is 6.18. The van der Waals surface area contributed by atoms with Gasteiger partial charge in [0, 0.05) is 67.7 Å². The van der Waals surface area contributed by atoms with E-state index in [1.165, 1.54) is 24.3 Å². The number of benzene rings is 3. The monoisotopic (exact) mass is 697 g/mol. The largest absolute Gasteiger partial charge is 0.508 e. The summed E-state index contributed by atoms with van der Waals surface area (Å²) in [5, 5.41) is 20.9. The maximum absolute atomic E-state index is 17.6. The van der Waals surface area contributed by atoms with Crippen LogP contribution in [0.15, 0.2) is 30.5 Å². The lowest BCUT2D eigenvalue weighted by atomic mass is 9.89. The van der Waals surface area contributed by atoms with Crippen LogP contribution in [-0.2, 0) is 7.05 Å². The fourth-order valence-electron chi connectivity index (χ4n) is 9.84. The highest BCUT2D eigenvalue weighted by Gasteiger charge is 2.77. The van der Waals surface area contributed by atoms with Gasteiger partial charge in [0.1, 0.15) is 35.0 Å². The van der Waals surface area contributed by atoms with E-state index in [1.807, 2.05) is 0 Å². The smallest absolute Gasteiger partial charge is 0.319 e. The molecule has 5 aromatic rings. The van der Waals surface area contributed by atoms with E-state index in [0.717, 1.165) is 32.2 Å². The van der Waals surface area contributed by atoms with Crippen LogP contribution in [0.1, 0.15) is 44.1 Å². The Morgan fingerprint density at radius 1 is 1.08 bits per heavy atom. The predicted molar refractivity (Wildman–Crippen MR) is 184 cm³/mol. The molecule has 3 aromatic carbocycles. The summed E-state index contributed by atoms with van der Waals surface area (Å²) in [7, 11) is 1.73. The fraction of sp³-hybridized carbons (Fsp3) is 0.447. The number of anilines is 1. The predicted octanol–water partition coefficient (Wildman–Crippen LogP) is 5.88. The molecular formula is C38H35F4N7O2. The van der Waals surface area contributed by atoms with Crippen LogP contribution in [-0.4, -0.2) is 86.1 Å². The van der Waals surface area contributed by atoms with Crippen molar-refractivity contribution in [1.29, 1.82) is 0 Å². The summed E-state index contributed by atoms with van der Waals surface area (Å²) in [4.78, 5) is 14.0. The summed E-state index contributed by atoms with van der Waals surface area (Å²) in [5.41, 5.74) is -1.22. The summed E-state index contributed by atoms with van der Waals surface area (Å²) in [5.74, 6) is -1.31. The summed E-state index contributed by atoms with van der Waals surface area (Å²) < 4.78 is 69.9. The normalized spacial score (nSPS) is 28.0. The van der Waals surface area contributed by atoms with Gasteiger partial charge in [0.05, 0.1) is 21.9 Å². The number of phenols is 1. The van der Waals surface area contributed by atoms with Gasteiger partial charge in [-0.15, -0.1) is 6.42 Å². The highest BCUT2D eigenvalue weighted by Crippen LogP contribution is 2.69. The minimum Gasteiger partial charge on any atom is -0.508 e. The second-order valence-electron chi connectivity index (χ2n) is 15.4. The second kappa shape index (κ2) is 10.4. The van der Waals surface area contributed by atoms with Crippen molar-refractivity contribution in [2.75, 3.05) is 37.7 Å². The van der Waals surface area contributed by atoms with Crippen molar-refractivity contribution in [3.63, 3.8) is 0 Å². The molecule has 5 fully saturated rings. The molecule has 0 amide bonds. The summed E-state index contributed by atoms with van der Waals surface area (Å²) in [6.45, 7) is 2.46. The third-order valence-corrected chi connectivity index (χ3v) is 12.2. The molecule has 2 N–H and O–H groups in total. The van der Waals surface area contributed by atoms with Crippen molar-refractivity contribution in [3.05, 3.63) is 47.7 Å². The average Bonchev–Trinajstić information content (AvgIpc) is 3.61. The third kappa shape index (κ3) is 4.45. The van der Waals surface area contributed by atoms with Crippen LogP contribution in [0.4, 0.5) is 23.4 Å². The number of alkyl halides is 2. The van der Waals surface area contributed by atoms with Gasteiger partial charge in [-0.1, -0.05) is 12.0 Å². The first-order valence-electron chi connectivity index (χ1n) is 17.5. The maximum Gasteiger partial charge on any atom is 0.319 e. The molecule has 0 unspecified atom stereocenters. The highest BCUT2D eigenvalue weighted by atomic mass is 19.3. The van der Waals surface area contributed by atoms with Crippen LogP contribution >= 0.6 is 0 Å². The van der Waals surface area contributed by atoms with Crippen LogP contribution in [0.5, 0.6) is 11.8 Å². The number of nitrogens with one attached hydrogen (secondary N) is 1. The SMILES string of the molecule is C#Cc1c(F)ccc2cc(O)cc(-c3c(F)c4nc(OC[C@@]56CCCN5C[C@]5(CC5(F)F)C6)nc(N5C[C@H]6CC[C@@H](C5)N6)c4c4cn(C)nc34)c12. The lowest BCUT2D eigenvalue weighted by molar-refractivity contribution is 0.0647. The number of nitrogens with zero attached hydrogens (tertiary/aromatic N) is 6. The first-order chi connectivity index (χ1) is 24.5. The number of ether oxygens (including phenoxy) is 1. The minimum absolute atomic E-state index is 0.00587. The molecule has 6 heterocycles. The Hall–Kier alpha value is -4.67. The number of rotatable bonds is 5. The quantitative estimate of drug-likeness (QED) is 0.174. The molecule has 1 spiro atoms. The molecule has 2 aromatic heterocycles. The maximum atomic E-state index is 17.6. The van der Waals surface area contributed by atoms with Crippen LogP contribution < -0.4 is 15.0 Å². The average molecular weight is 698 g/mol. The second-order valence-corrected chi connectivity index (χ2v) is 15.4. The van der Waals surface area contributed by atoms with E-state index >= 15 is 8.78 Å². The number of aromatic hydroxyl groups is 1. The van der Waals surface area contributed by atoms with Crippen LogP contribution in [0.25, 0.3) is 43.7 Å². The molecule has 1 aliphatic carbocycles. The standard InChI is InChI=1S/C38H35F4N7O2/c1-3-24-27(39)8-5-20-11-23(50)12-25(28(20)24)29-31(40)33-30(26-15-47(2)46-32(26)29)34(48-13-21-6-7-22(14-48)43-21)45-35(44-33)51-19-37-9-4-10-49(37)18-36(16-37)17-38(36,41)42/h1,5,8,11-12,15,21-22,43,50H,4,6-7,9-10,13-14,16-19H2,2H3/t21-,22+,36-,37+/m1/s1. The first kappa shape index (κ1) is 31.1. The van der Waals surface area contributed by atoms with Gasteiger partial charge in [0.25, 0.3) is 5.92 Å². The van der Waals surface area contributed by atoms with E-state index in [2.05, 4.69) is 26.1 Å². The van der Waals surface area contributed by atoms with Crippen molar-refractivity contribution >= 4 is 38.4 Å². The number of fused-ring (bicyclic) bond motifs is 7. The number of aryl methyl sites for hydroxylation is 1. The molecule has 9 nitrogen and oxygen atoms in total. The number of phenolic OH excluding ortho intramolecular Hbond substituents is 1. The molecule has 5 aliphatic rings. The Balaban J connectivity index is 1.18. The number of aromatic nitrogens is 4. The Morgan fingerprint density at radius 2 is 1.86 bits per heavy atom. The lowest BCUT2D eigenvalue weighted by Crippen LogP contribution is -2.51. The zero-order valence-electron chi connectivity index (χ0n) is 27.9. The van der Waals surface area contributed by atoms with Gasteiger partial charge in [0.15, 0.2) is 5.82 Å². The van der Waals surface area contributed by atoms with Gasteiger partial charge in [-0.25, -0.2) is 17.6 Å². The molecule has 10 rings (SSSR count). The van der Waals surface area contributed by atoms with Gasteiger partial charge in [-0.05, 0) is 67.8 Å². The van der Waals surface area contributed by atoms with Crippen molar-refractivity contribution in [2.45, 2.75) is 62.1 Å². The van der Waals surface area contributed by atoms with Gasteiger partial charge < -0.3 is 20.1 Å². The molecule has 13 heteroatoms. The molecule has 1 saturated carbocycles. The molecule has 51 heavy (non-hydrogen) atoms. The Kier molecular flexibility index (Phi) is 6.37. The van der Waals surface area contributed by atoms with E-state index in [4.69, 9.17) is 21.1 Å². The fourth-order valence-corrected chi connectivity index (χ4v) is 9.84. The number of hydrogen-bond acceptors (Lipinski definition) is 8. The lowest BCUT2D eigenvalue weighted by Gasteiger charge is -2.35. The minimum atomic E-state index is -2.68. The summed E-state index contributed by atoms with van der Waals surface area (Å²) in [6, 6.07) is 5.97. The summed E-state index contributed by atoms with van der Waals surface area (Å²) in [6.07, 6.45) is 11.4. The first-order valence-corrected chi connectivity index (χ1v) is 17.5.